The number of halogens is 1. The van der Waals surface area contributed by atoms with Crippen LogP contribution in [-0.4, -0.2) is 49.5 Å². The molecular weight excluding hydrogens is 578 g/mol. The minimum atomic E-state index is -3.80. The summed E-state index contributed by atoms with van der Waals surface area (Å²) in [5.74, 6) is -0.784. The van der Waals surface area contributed by atoms with Crippen molar-refractivity contribution in [2.45, 2.75) is 52.2 Å². The molecule has 1 N–H and O–H groups in total. The predicted molar refractivity (Wildman–Crippen MR) is 160 cm³/mol. The minimum absolute atomic E-state index is 0.132. The fourth-order valence-corrected chi connectivity index (χ4v) is 5.30. The number of nitrogens with zero attached hydrogens (tertiary/aromatic N) is 2. The van der Waals surface area contributed by atoms with Crippen molar-refractivity contribution in [3.8, 4) is 0 Å². The van der Waals surface area contributed by atoms with Crippen molar-refractivity contribution >= 4 is 43.5 Å². The standard InChI is InChI=1S/C30H36BrN3O4S/c1-22-10-9-13-26(18-22)34(39(5,37)38)21-28(35)33(20-24-14-16-25(31)17-15-24)27(29(36)32-30(2,3)4)19-23-11-7-6-8-12-23/h6-18,27H,19-21H2,1-5H3,(H,32,36)/t27-/m0/s1. The van der Waals surface area contributed by atoms with Crippen molar-refractivity contribution in [2.75, 3.05) is 17.1 Å². The van der Waals surface area contributed by atoms with Crippen molar-refractivity contribution < 1.29 is 18.0 Å². The van der Waals surface area contributed by atoms with Crippen LogP contribution in [0.25, 0.3) is 0 Å². The first-order valence-electron chi connectivity index (χ1n) is 12.7. The molecule has 0 saturated carbocycles. The molecule has 208 valence electrons. The van der Waals surface area contributed by atoms with Crippen LogP contribution >= 0.6 is 15.9 Å². The van der Waals surface area contributed by atoms with Crippen molar-refractivity contribution in [1.29, 1.82) is 0 Å². The van der Waals surface area contributed by atoms with Crippen LogP contribution in [0.1, 0.15) is 37.5 Å². The molecule has 9 heteroatoms. The average Bonchev–Trinajstić information content (AvgIpc) is 2.84. The smallest absolute Gasteiger partial charge is 0.244 e. The monoisotopic (exact) mass is 613 g/mol. The molecule has 0 unspecified atom stereocenters. The van der Waals surface area contributed by atoms with Gasteiger partial charge in [0.05, 0.1) is 11.9 Å². The molecule has 0 aliphatic rings. The Balaban J connectivity index is 2.07. The highest BCUT2D eigenvalue weighted by molar-refractivity contribution is 9.10. The van der Waals surface area contributed by atoms with Crippen LogP contribution in [0.3, 0.4) is 0 Å². The van der Waals surface area contributed by atoms with E-state index in [4.69, 9.17) is 0 Å². The summed E-state index contributed by atoms with van der Waals surface area (Å²) in [6.07, 6.45) is 1.35. The second kappa shape index (κ2) is 12.8. The van der Waals surface area contributed by atoms with E-state index in [-0.39, 0.29) is 18.9 Å². The van der Waals surface area contributed by atoms with Gasteiger partial charge in [-0.05, 0) is 68.7 Å². The lowest BCUT2D eigenvalue weighted by atomic mass is 10.0. The zero-order chi connectivity index (χ0) is 28.8. The number of hydrogen-bond donors (Lipinski definition) is 1. The lowest BCUT2D eigenvalue weighted by molar-refractivity contribution is -0.140. The van der Waals surface area contributed by atoms with Gasteiger partial charge >= 0.3 is 0 Å². The Labute approximate surface area is 240 Å². The molecule has 39 heavy (non-hydrogen) atoms. The minimum Gasteiger partial charge on any atom is -0.350 e. The summed E-state index contributed by atoms with van der Waals surface area (Å²) in [5.41, 5.74) is 2.44. The van der Waals surface area contributed by atoms with E-state index in [0.29, 0.717) is 5.69 Å². The van der Waals surface area contributed by atoms with Gasteiger partial charge in [-0.25, -0.2) is 8.42 Å². The van der Waals surface area contributed by atoms with E-state index < -0.39 is 34.1 Å². The molecule has 0 aromatic heterocycles. The first-order chi connectivity index (χ1) is 18.2. The Morgan fingerprint density at radius 2 is 1.56 bits per heavy atom. The Morgan fingerprint density at radius 1 is 0.923 bits per heavy atom. The van der Waals surface area contributed by atoms with Gasteiger partial charge in [0.2, 0.25) is 21.8 Å². The van der Waals surface area contributed by atoms with Gasteiger partial charge in [0.25, 0.3) is 0 Å². The lowest BCUT2D eigenvalue weighted by Gasteiger charge is -2.35. The highest BCUT2D eigenvalue weighted by Gasteiger charge is 2.34. The van der Waals surface area contributed by atoms with Gasteiger partial charge in [0, 0.05) is 23.0 Å². The maximum Gasteiger partial charge on any atom is 0.244 e. The molecule has 0 bridgehead atoms. The number of carbonyl (C=O) groups excluding carboxylic acids is 2. The van der Waals surface area contributed by atoms with Crippen molar-refractivity contribution in [3.05, 3.63) is 100 Å². The second-order valence-electron chi connectivity index (χ2n) is 10.7. The molecule has 7 nitrogen and oxygen atoms in total. The van der Waals surface area contributed by atoms with E-state index in [9.17, 15) is 18.0 Å². The van der Waals surface area contributed by atoms with E-state index >= 15 is 0 Å². The van der Waals surface area contributed by atoms with Crippen LogP contribution in [-0.2, 0) is 32.6 Å². The third-order valence-electron chi connectivity index (χ3n) is 6.00. The van der Waals surface area contributed by atoms with Gasteiger partial charge in [-0.1, -0.05) is 70.5 Å². The molecule has 0 aliphatic heterocycles. The maximum atomic E-state index is 14.1. The third kappa shape index (κ3) is 9.21. The number of aryl methyl sites for hydroxylation is 1. The fraction of sp³-hybridized carbons (Fsp3) is 0.333. The summed E-state index contributed by atoms with van der Waals surface area (Å²) < 4.78 is 27.7. The SMILES string of the molecule is Cc1cccc(N(CC(=O)N(Cc2ccc(Br)cc2)[C@@H](Cc2ccccc2)C(=O)NC(C)(C)C)S(C)(=O)=O)c1. The van der Waals surface area contributed by atoms with Gasteiger partial charge in [-0.2, -0.15) is 0 Å². The molecule has 3 aromatic carbocycles. The van der Waals surface area contributed by atoms with Crippen molar-refractivity contribution in [1.82, 2.24) is 10.2 Å². The average molecular weight is 615 g/mol. The largest absolute Gasteiger partial charge is 0.350 e. The lowest BCUT2D eigenvalue weighted by Crippen LogP contribution is -2.56. The van der Waals surface area contributed by atoms with Crippen LogP contribution in [0.5, 0.6) is 0 Å². The third-order valence-corrected chi connectivity index (χ3v) is 7.67. The van der Waals surface area contributed by atoms with E-state index in [0.717, 1.165) is 31.7 Å². The molecule has 0 radical (unpaired) electrons. The number of rotatable bonds is 10. The summed E-state index contributed by atoms with van der Waals surface area (Å²) in [4.78, 5) is 29.3. The molecule has 0 spiro atoms. The summed E-state index contributed by atoms with van der Waals surface area (Å²) in [7, 11) is -3.80. The van der Waals surface area contributed by atoms with Crippen LogP contribution < -0.4 is 9.62 Å². The maximum absolute atomic E-state index is 14.1. The van der Waals surface area contributed by atoms with Gasteiger partial charge < -0.3 is 10.2 Å². The zero-order valence-electron chi connectivity index (χ0n) is 23.0. The first-order valence-corrected chi connectivity index (χ1v) is 15.3. The first kappa shape index (κ1) is 30.4. The Hall–Kier alpha value is -3.17. The Bertz CT molecular complexity index is 1390. The highest BCUT2D eigenvalue weighted by atomic mass is 79.9. The summed E-state index contributed by atoms with van der Waals surface area (Å²) in [6.45, 7) is 7.20. The number of benzene rings is 3. The van der Waals surface area contributed by atoms with E-state index in [1.807, 2.05) is 88.4 Å². The van der Waals surface area contributed by atoms with Gasteiger partial charge in [-0.3, -0.25) is 13.9 Å². The fourth-order valence-electron chi connectivity index (χ4n) is 4.19. The number of amides is 2. The molecule has 2 amide bonds. The Kier molecular flexibility index (Phi) is 9.96. The Morgan fingerprint density at radius 3 is 2.13 bits per heavy atom. The van der Waals surface area contributed by atoms with Crippen molar-refractivity contribution in [3.63, 3.8) is 0 Å². The number of carbonyl (C=O) groups is 2. The molecule has 0 heterocycles. The van der Waals surface area contributed by atoms with Gasteiger partial charge in [-0.15, -0.1) is 0 Å². The van der Waals surface area contributed by atoms with Crippen LogP contribution in [0.15, 0.2) is 83.3 Å². The zero-order valence-corrected chi connectivity index (χ0v) is 25.4. The summed E-state index contributed by atoms with van der Waals surface area (Å²) in [5, 5.41) is 3.02. The van der Waals surface area contributed by atoms with E-state index in [1.54, 1.807) is 18.2 Å². The molecule has 0 aliphatic carbocycles. The van der Waals surface area contributed by atoms with Gasteiger partial charge in [0.15, 0.2) is 0 Å². The normalized spacial score (nSPS) is 12.5. The molecule has 3 aromatic rings. The molecule has 3 rings (SSSR count). The van der Waals surface area contributed by atoms with Crippen LogP contribution in [0.2, 0.25) is 0 Å². The number of hydrogen-bond acceptors (Lipinski definition) is 4. The van der Waals surface area contributed by atoms with E-state index in [2.05, 4.69) is 21.2 Å². The predicted octanol–water partition coefficient (Wildman–Crippen LogP) is 5.08. The van der Waals surface area contributed by atoms with Crippen LogP contribution in [0, 0.1) is 6.92 Å². The highest BCUT2D eigenvalue weighted by Crippen LogP contribution is 2.22. The summed E-state index contributed by atoms with van der Waals surface area (Å²) in [6, 6.07) is 23.1. The van der Waals surface area contributed by atoms with E-state index in [1.165, 1.54) is 4.90 Å². The number of sulfonamides is 1. The number of nitrogens with one attached hydrogen (secondary N) is 1. The van der Waals surface area contributed by atoms with Crippen molar-refractivity contribution in [2.24, 2.45) is 0 Å². The van der Waals surface area contributed by atoms with Gasteiger partial charge in [0.1, 0.15) is 12.6 Å². The molecule has 1 atom stereocenters. The topological polar surface area (TPSA) is 86.8 Å². The molecule has 0 saturated heterocycles. The second-order valence-corrected chi connectivity index (χ2v) is 13.5. The quantitative estimate of drug-likeness (QED) is 0.345. The summed E-state index contributed by atoms with van der Waals surface area (Å²) >= 11 is 3.44. The van der Waals surface area contributed by atoms with Crippen LogP contribution in [0.4, 0.5) is 5.69 Å². The molecular formula is C30H36BrN3O4S. The molecule has 0 fully saturated rings. The number of anilines is 1.